The van der Waals surface area contributed by atoms with Crippen molar-refractivity contribution >= 4 is 23.9 Å². The molecule has 6 heteroatoms. The second-order valence-electron chi connectivity index (χ2n) is 4.95. The van der Waals surface area contributed by atoms with Crippen LogP contribution < -0.4 is 0 Å². The number of hydrogen-bond donors (Lipinski definition) is 0. The number of rotatable bonds is 4. The second-order valence-corrected chi connectivity index (χ2v) is 4.95. The summed E-state index contributed by atoms with van der Waals surface area (Å²) in [7, 11) is 0. The van der Waals surface area contributed by atoms with Gasteiger partial charge in [-0.25, -0.2) is 9.18 Å². The Labute approximate surface area is 128 Å². The van der Waals surface area contributed by atoms with Crippen LogP contribution in [0.4, 0.5) is 9.18 Å². The lowest BCUT2D eigenvalue weighted by Gasteiger charge is -2.14. The summed E-state index contributed by atoms with van der Waals surface area (Å²) in [5, 5.41) is 0. The first-order valence-electron chi connectivity index (χ1n) is 7.12. The lowest BCUT2D eigenvalue weighted by atomic mass is 10.2. The van der Waals surface area contributed by atoms with Crippen LogP contribution in [0.5, 0.6) is 0 Å². The average molecular weight is 304 g/mol. The zero-order valence-corrected chi connectivity index (χ0v) is 12.3. The number of imide groups is 2. The van der Waals surface area contributed by atoms with Crippen molar-refractivity contribution in [3.63, 3.8) is 0 Å². The van der Waals surface area contributed by atoms with Crippen LogP contribution in [0.15, 0.2) is 30.3 Å². The van der Waals surface area contributed by atoms with Gasteiger partial charge in [-0.2, -0.15) is 0 Å². The minimum absolute atomic E-state index is 0.195. The van der Waals surface area contributed by atoms with Crippen molar-refractivity contribution in [2.45, 2.75) is 19.8 Å². The van der Waals surface area contributed by atoms with Crippen LogP contribution in [0, 0.1) is 5.82 Å². The van der Waals surface area contributed by atoms with Crippen LogP contribution in [0.1, 0.15) is 25.3 Å². The Hall–Kier alpha value is -2.50. The minimum Gasteiger partial charge on any atom is -0.274 e. The smallest absolute Gasteiger partial charge is 0.274 e. The van der Waals surface area contributed by atoms with Gasteiger partial charge in [-0.3, -0.25) is 19.4 Å². The van der Waals surface area contributed by atoms with Crippen LogP contribution in [0.25, 0.3) is 6.08 Å². The predicted octanol–water partition coefficient (Wildman–Crippen LogP) is 2.43. The molecule has 0 N–H and O–H groups in total. The Kier molecular flexibility index (Phi) is 5.04. The molecule has 22 heavy (non-hydrogen) atoms. The van der Waals surface area contributed by atoms with E-state index in [1.165, 1.54) is 36.4 Å². The Morgan fingerprint density at radius 3 is 2.45 bits per heavy atom. The molecule has 0 aliphatic carbocycles. The third-order valence-corrected chi connectivity index (χ3v) is 3.33. The van der Waals surface area contributed by atoms with Crippen LogP contribution in [0.2, 0.25) is 0 Å². The van der Waals surface area contributed by atoms with Gasteiger partial charge in [-0.05, 0) is 30.2 Å². The number of carbonyl (C=O) groups excluding carboxylic acids is 3. The van der Waals surface area contributed by atoms with Gasteiger partial charge in [0.2, 0.25) is 5.91 Å². The fourth-order valence-electron chi connectivity index (χ4n) is 2.15. The first kappa shape index (κ1) is 15.9. The van der Waals surface area contributed by atoms with Gasteiger partial charge in [0, 0.05) is 25.6 Å². The third-order valence-electron chi connectivity index (χ3n) is 3.33. The molecule has 116 valence electrons. The average Bonchev–Trinajstić information content (AvgIpc) is 2.88. The third kappa shape index (κ3) is 3.58. The topological polar surface area (TPSA) is 57.7 Å². The van der Waals surface area contributed by atoms with Gasteiger partial charge in [-0.15, -0.1) is 0 Å². The summed E-state index contributed by atoms with van der Waals surface area (Å²) in [6.45, 7) is 2.28. The highest BCUT2D eigenvalue weighted by Crippen LogP contribution is 2.13. The van der Waals surface area contributed by atoms with Gasteiger partial charge in [0.25, 0.3) is 5.91 Å². The summed E-state index contributed by atoms with van der Waals surface area (Å²) < 4.78 is 12.8. The molecule has 1 aromatic carbocycles. The molecule has 4 amide bonds. The van der Waals surface area contributed by atoms with Crippen molar-refractivity contribution in [2.75, 3.05) is 13.1 Å². The molecule has 0 radical (unpaired) electrons. The molecule has 0 saturated carbocycles. The lowest BCUT2D eigenvalue weighted by molar-refractivity contribution is -0.127. The fraction of sp³-hybridized carbons (Fsp3) is 0.312. The number of amides is 4. The number of carbonyl (C=O) groups is 3. The van der Waals surface area contributed by atoms with Crippen LogP contribution >= 0.6 is 0 Å². The van der Waals surface area contributed by atoms with E-state index in [4.69, 9.17) is 0 Å². The van der Waals surface area contributed by atoms with Gasteiger partial charge in [-0.1, -0.05) is 19.1 Å². The maximum absolute atomic E-state index is 12.8. The maximum Gasteiger partial charge on any atom is 0.333 e. The minimum atomic E-state index is -0.577. The number of hydrogen-bond acceptors (Lipinski definition) is 3. The maximum atomic E-state index is 12.8. The standard InChI is InChI=1S/C16H17FN2O3/c1-2-3-14(20)18-10-11-19(16(18)22)15(21)9-6-12-4-7-13(17)8-5-12/h4-9H,2-3,10-11H2,1H3/b9-6+. The van der Waals surface area contributed by atoms with E-state index >= 15 is 0 Å². The summed E-state index contributed by atoms with van der Waals surface area (Å²) in [5.74, 6) is -1.10. The molecule has 0 unspecified atom stereocenters. The molecule has 1 aromatic rings. The second kappa shape index (κ2) is 6.98. The van der Waals surface area contributed by atoms with E-state index in [-0.39, 0.29) is 24.8 Å². The van der Waals surface area contributed by atoms with Crippen LogP contribution in [0.3, 0.4) is 0 Å². The molecule has 0 bridgehead atoms. The molecular weight excluding hydrogens is 287 g/mol. The number of benzene rings is 1. The van der Waals surface area contributed by atoms with E-state index < -0.39 is 11.9 Å². The Balaban J connectivity index is 2.00. The molecule has 1 aliphatic heterocycles. The molecule has 0 spiro atoms. The number of urea groups is 1. The Morgan fingerprint density at radius 2 is 1.82 bits per heavy atom. The molecule has 2 rings (SSSR count). The van der Waals surface area contributed by atoms with E-state index in [1.54, 1.807) is 0 Å². The fourth-order valence-corrected chi connectivity index (χ4v) is 2.15. The van der Waals surface area contributed by atoms with Crippen molar-refractivity contribution in [1.29, 1.82) is 0 Å². The predicted molar refractivity (Wildman–Crippen MR) is 79.2 cm³/mol. The molecular formula is C16H17FN2O3. The van der Waals surface area contributed by atoms with E-state index in [9.17, 15) is 18.8 Å². The monoisotopic (exact) mass is 304 g/mol. The van der Waals surface area contributed by atoms with Crippen molar-refractivity contribution in [3.8, 4) is 0 Å². The lowest BCUT2D eigenvalue weighted by Crippen LogP contribution is -2.38. The normalized spacial score (nSPS) is 14.9. The molecule has 0 aromatic heterocycles. The molecule has 0 atom stereocenters. The zero-order chi connectivity index (χ0) is 16.1. The highest BCUT2D eigenvalue weighted by atomic mass is 19.1. The zero-order valence-electron chi connectivity index (χ0n) is 12.3. The first-order valence-corrected chi connectivity index (χ1v) is 7.12. The SMILES string of the molecule is CCCC(=O)N1CCN(C(=O)/C=C/c2ccc(F)cc2)C1=O. The highest BCUT2D eigenvalue weighted by molar-refractivity contribution is 6.07. The van der Waals surface area contributed by atoms with E-state index in [0.717, 1.165) is 9.80 Å². The summed E-state index contributed by atoms with van der Waals surface area (Å²) in [6, 6.07) is 5.06. The van der Waals surface area contributed by atoms with Gasteiger partial charge < -0.3 is 0 Å². The Morgan fingerprint density at radius 1 is 1.18 bits per heavy atom. The van der Waals surface area contributed by atoms with E-state index in [2.05, 4.69) is 0 Å². The van der Waals surface area contributed by atoms with Crippen LogP contribution in [-0.2, 0) is 9.59 Å². The van der Waals surface area contributed by atoms with Crippen molar-refractivity contribution in [1.82, 2.24) is 9.80 Å². The van der Waals surface area contributed by atoms with Gasteiger partial charge in [0.1, 0.15) is 5.82 Å². The molecule has 1 fully saturated rings. The van der Waals surface area contributed by atoms with Crippen molar-refractivity contribution in [3.05, 3.63) is 41.7 Å². The quantitative estimate of drug-likeness (QED) is 0.803. The number of halogens is 1. The Bertz CT molecular complexity index is 610. The van der Waals surface area contributed by atoms with Crippen molar-refractivity contribution in [2.24, 2.45) is 0 Å². The summed E-state index contributed by atoms with van der Waals surface area (Å²) in [4.78, 5) is 38.0. The molecule has 1 saturated heterocycles. The highest BCUT2D eigenvalue weighted by Gasteiger charge is 2.35. The first-order chi connectivity index (χ1) is 10.5. The summed E-state index contributed by atoms with van der Waals surface area (Å²) in [6.07, 6.45) is 3.70. The van der Waals surface area contributed by atoms with Gasteiger partial charge >= 0.3 is 6.03 Å². The van der Waals surface area contributed by atoms with E-state index in [1.807, 2.05) is 6.92 Å². The molecule has 1 aliphatic rings. The summed E-state index contributed by atoms with van der Waals surface area (Å²) >= 11 is 0. The summed E-state index contributed by atoms with van der Waals surface area (Å²) in [5.41, 5.74) is 0.653. The molecule has 5 nitrogen and oxygen atoms in total. The molecule has 1 heterocycles. The van der Waals surface area contributed by atoms with Gasteiger partial charge in [0.05, 0.1) is 0 Å². The van der Waals surface area contributed by atoms with Gasteiger partial charge in [0.15, 0.2) is 0 Å². The van der Waals surface area contributed by atoms with Crippen LogP contribution in [-0.4, -0.2) is 40.7 Å². The van der Waals surface area contributed by atoms with E-state index in [0.29, 0.717) is 18.4 Å². The van der Waals surface area contributed by atoms with Crippen molar-refractivity contribution < 1.29 is 18.8 Å². The largest absolute Gasteiger partial charge is 0.333 e. The number of nitrogens with zero attached hydrogens (tertiary/aromatic N) is 2.